The summed E-state index contributed by atoms with van der Waals surface area (Å²) in [5, 5.41) is 11.9. The Balaban J connectivity index is 1.83. The molecule has 0 spiro atoms. The Labute approximate surface area is 100 Å². The molecule has 1 aromatic carbocycles. The van der Waals surface area contributed by atoms with Crippen molar-refractivity contribution < 1.29 is 0 Å². The molecule has 0 unspecified atom stereocenters. The second-order valence-electron chi connectivity index (χ2n) is 4.45. The number of H-pyrrole nitrogens is 1. The molecule has 0 atom stereocenters. The molecule has 0 amide bonds. The molecule has 0 bridgehead atoms. The van der Waals surface area contributed by atoms with Crippen LogP contribution in [0.2, 0.25) is 0 Å². The zero-order chi connectivity index (χ0) is 11.5. The van der Waals surface area contributed by atoms with Crippen LogP contribution in [0.4, 0.5) is 0 Å². The number of aromatic amines is 1. The van der Waals surface area contributed by atoms with E-state index >= 15 is 0 Å². The predicted molar refractivity (Wildman–Crippen MR) is 66.7 cm³/mol. The first kappa shape index (κ1) is 10.5. The third-order valence-electron chi connectivity index (χ3n) is 3.28. The Bertz CT molecular complexity index is 471. The molecule has 1 saturated heterocycles. The summed E-state index contributed by atoms with van der Waals surface area (Å²) in [5.41, 5.74) is 1.10. The Morgan fingerprint density at radius 2 is 1.76 bits per heavy atom. The average molecular weight is 228 g/mol. The van der Waals surface area contributed by atoms with Gasteiger partial charge in [-0.2, -0.15) is 0 Å². The standard InChI is InChI=1S/C13H16N4/c1-2-4-10(5-3-1)12-15-13(17-16-12)11-6-8-14-9-7-11/h1-5,11,14H,6-9H2,(H,15,16,17). The Morgan fingerprint density at radius 3 is 2.53 bits per heavy atom. The van der Waals surface area contributed by atoms with E-state index in [2.05, 4.69) is 20.5 Å². The summed E-state index contributed by atoms with van der Waals surface area (Å²) in [5.74, 6) is 2.44. The Hall–Kier alpha value is -1.68. The van der Waals surface area contributed by atoms with E-state index in [0.29, 0.717) is 5.92 Å². The van der Waals surface area contributed by atoms with E-state index in [1.807, 2.05) is 30.3 Å². The summed E-state index contributed by atoms with van der Waals surface area (Å²) >= 11 is 0. The van der Waals surface area contributed by atoms with Gasteiger partial charge >= 0.3 is 0 Å². The summed E-state index contributed by atoms with van der Waals surface area (Å²) in [6, 6.07) is 10.1. The number of benzene rings is 1. The van der Waals surface area contributed by atoms with Gasteiger partial charge in [0, 0.05) is 11.5 Å². The van der Waals surface area contributed by atoms with Crippen molar-refractivity contribution >= 4 is 0 Å². The number of aromatic nitrogens is 3. The lowest BCUT2D eigenvalue weighted by atomic mass is 9.98. The molecule has 4 nitrogen and oxygen atoms in total. The van der Waals surface area contributed by atoms with Crippen molar-refractivity contribution in [1.29, 1.82) is 0 Å². The van der Waals surface area contributed by atoms with Gasteiger partial charge in [0.25, 0.3) is 0 Å². The van der Waals surface area contributed by atoms with Gasteiger partial charge in [-0.15, -0.1) is 10.2 Å². The van der Waals surface area contributed by atoms with Crippen molar-refractivity contribution in [2.24, 2.45) is 0 Å². The maximum Gasteiger partial charge on any atom is 0.161 e. The molecule has 88 valence electrons. The second-order valence-corrected chi connectivity index (χ2v) is 4.45. The molecule has 2 heterocycles. The van der Waals surface area contributed by atoms with Crippen LogP contribution in [0.5, 0.6) is 0 Å². The fourth-order valence-electron chi connectivity index (χ4n) is 2.28. The maximum atomic E-state index is 4.28. The SMILES string of the molecule is c1ccc(-c2nnc(C3CCNCC3)[nH]2)cc1. The van der Waals surface area contributed by atoms with Crippen LogP contribution < -0.4 is 5.32 Å². The zero-order valence-corrected chi connectivity index (χ0v) is 9.69. The van der Waals surface area contributed by atoms with Crippen molar-refractivity contribution in [3.8, 4) is 11.4 Å². The van der Waals surface area contributed by atoms with Crippen LogP contribution >= 0.6 is 0 Å². The third-order valence-corrected chi connectivity index (χ3v) is 3.28. The molecular formula is C13H16N4. The molecule has 0 radical (unpaired) electrons. The highest BCUT2D eigenvalue weighted by Gasteiger charge is 2.19. The number of piperidine rings is 1. The molecule has 4 heteroatoms. The fourth-order valence-corrected chi connectivity index (χ4v) is 2.28. The molecule has 1 aliphatic rings. The van der Waals surface area contributed by atoms with Crippen LogP contribution in [0.3, 0.4) is 0 Å². The van der Waals surface area contributed by atoms with E-state index in [0.717, 1.165) is 43.1 Å². The molecule has 0 aliphatic carbocycles. The third kappa shape index (κ3) is 2.22. The molecule has 3 rings (SSSR count). The highest BCUT2D eigenvalue weighted by Crippen LogP contribution is 2.23. The van der Waals surface area contributed by atoms with Gasteiger partial charge < -0.3 is 10.3 Å². The molecule has 1 aliphatic heterocycles. The second kappa shape index (κ2) is 4.67. The lowest BCUT2D eigenvalue weighted by Crippen LogP contribution is -2.27. The first-order valence-corrected chi connectivity index (χ1v) is 6.12. The minimum atomic E-state index is 0.529. The van der Waals surface area contributed by atoms with Gasteiger partial charge in [-0.3, -0.25) is 0 Å². The molecular weight excluding hydrogens is 212 g/mol. The summed E-state index contributed by atoms with van der Waals surface area (Å²) in [4.78, 5) is 3.35. The summed E-state index contributed by atoms with van der Waals surface area (Å²) < 4.78 is 0. The maximum absolute atomic E-state index is 4.28. The van der Waals surface area contributed by atoms with E-state index < -0.39 is 0 Å². The quantitative estimate of drug-likeness (QED) is 0.826. The number of hydrogen-bond acceptors (Lipinski definition) is 3. The van der Waals surface area contributed by atoms with E-state index in [-0.39, 0.29) is 0 Å². The zero-order valence-electron chi connectivity index (χ0n) is 9.69. The van der Waals surface area contributed by atoms with Crippen molar-refractivity contribution in [3.05, 3.63) is 36.2 Å². The van der Waals surface area contributed by atoms with Gasteiger partial charge in [0.2, 0.25) is 0 Å². The molecule has 1 fully saturated rings. The minimum Gasteiger partial charge on any atom is -0.325 e. The number of rotatable bonds is 2. The van der Waals surface area contributed by atoms with Crippen LogP contribution in [0.25, 0.3) is 11.4 Å². The van der Waals surface area contributed by atoms with Gasteiger partial charge in [-0.1, -0.05) is 30.3 Å². The fraction of sp³-hybridized carbons (Fsp3) is 0.385. The lowest BCUT2D eigenvalue weighted by Gasteiger charge is -2.19. The molecule has 2 N–H and O–H groups in total. The average Bonchev–Trinajstić information content (AvgIpc) is 2.90. The van der Waals surface area contributed by atoms with Gasteiger partial charge in [-0.05, 0) is 25.9 Å². The van der Waals surface area contributed by atoms with Gasteiger partial charge in [0.1, 0.15) is 5.82 Å². The highest BCUT2D eigenvalue weighted by molar-refractivity contribution is 5.53. The van der Waals surface area contributed by atoms with Crippen molar-refractivity contribution in [3.63, 3.8) is 0 Å². The monoisotopic (exact) mass is 228 g/mol. The van der Waals surface area contributed by atoms with Gasteiger partial charge in [0.15, 0.2) is 5.82 Å². The first-order chi connectivity index (χ1) is 8.43. The van der Waals surface area contributed by atoms with Crippen LogP contribution in [0, 0.1) is 0 Å². The smallest absolute Gasteiger partial charge is 0.161 e. The summed E-state index contributed by atoms with van der Waals surface area (Å²) in [6.07, 6.45) is 2.28. The Kier molecular flexibility index (Phi) is 2.88. The van der Waals surface area contributed by atoms with E-state index in [4.69, 9.17) is 0 Å². The number of hydrogen-bond donors (Lipinski definition) is 2. The van der Waals surface area contributed by atoms with E-state index in [9.17, 15) is 0 Å². The summed E-state index contributed by atoms with van der Waals surface area (Å²) in [7, 11) is 0. The van der Waals surface area contributed by atoms with Crippen molar-refractivity contribution in [2.45, 2.75) is 18.8 Å². The van der Waals surface area contributed by atoms with Crippen LogP contribution in [-0.4, -0.2) is 28.3 Å². The topological polar surface area (TPSA) is 53.6 Å². The van der Waals surface area contributed by atoms with Crippen LogP contribution in [0.15, 0.2) is 30.3 Å². The Morgan fingerprint density at radius 1 is 1.00 bits per heavy atom. The highest BCUT2D eigenvalue weighted by atomic mass is 15.2. The summed E-state index contributed by atoms with van der Waals surface area (Å²) in [6.45, 7) is 2.15. The molecule has 17 heavy (non-hydrogen) atoms. The largest absolute Gasteiger partial charge is 0.325 e. The van der Waals surface area contributed by atoms with Gasteiger partial charge in [-0.25, -0.2) is 0 Å². The molecule has 2 aromatic rings. The van der Waals surface area contributed by atoms with Crippen molar-refractivity contribution in [2.75, 3.05) is 13.1 Å². The predicted octanol–water partition coefficient (Wildman–Crippen LogP) is 1.94. The van der Waals surface area contributed by atoms with E-state index in [1.165, 1.54) is 0 Å². The molecule has 1 aromatic heterocycles. The van der Waals surface area contributed by atoms with Crippen LogP contribution in [-0.2, 0) is 0 Å². The van der Waals surface area contributed by atoms with Crippen molar-refractivity contribution in [1.82, 2.24) is 20.5 Å². The number of nitrogens with zero attached hydrogens (tertiary/aromatic N) is 2. The lowest BCUT2D eigenvalue weighted by molar-refractivity contribution is 0.446. The minimum absolute atomic E-state index is 0.529. The normalized spacial score (nSPS) is 17.2. The van der Waals surface area contributed by atoms with E-state index in [1.54, 1.807) is 0 Å². The number of nitrogens with one attached hydrogen (secondary N) is 2. The van der Waals surface area contributed by atoms with Gasteiger partial charge in [0.05, 0.1) is 0 Å². The molecule has 0 saturated carbocycles. The first-order valence-electron chi connectivity index (χ1n) is 6.12. The van der Waals surface area contributed by atoms with Crippen LogP contribution in [0.1, 0.15) is 24.6 Å².